The molecule has 20 heavy (non-hydrogen) atoms. The van der Waals surface area contributed by atoms with Crippen LogP contribution in [0.3, 0.4) is 0 Å². The number of hydrogen-bond acceptors (Lipinski definition) is 1. The second-order valence-electron chi connectivity index (χ2n) is 6.14. The van der Waals surface area contributed by atoms with E-state index in [1.165, 1.54) is 70.1 Å². The Bertz CT molecular complexity index is 371. The molecule has 0 aromatic heterocycles. The van der Waals surface area contributed by atoms with E-state index in [2.05, 4.69) is 25.1 Å². The van der Waals surface area contributed by atoms with E-state index < -0.39 is 0 Å². The summed E-state index contributed by atoms with van der Waals surface area (Å²) < 4.78 is 5.78. The maximum absolute atomic E-state index is 5.78. The summed E-state index contributed by atoms with van der Waals surface area (Å²) in [7, 11) is 0. The summed E-state index contributed by atoms with van der Waals surface area (Å²) in [5, 5.41) is 0. The van der Waals surface area contributed by atoms with Gasteiger partial charge in [0.1, 0.15) is 5.75 Å². The van der Waals surface area contributed by atoms with Gasteiger partial charge in [0.15, 0.2) is 0 Å². The standard InChI is InChI=1S/C18H29NO/c1-17-10-9-11-18(16-17)20-15-8-3-2-5-12-19-13-6-4-7-14-19/h9-11,16H,2-8,12-15H2,1H3/p+1. The van der Waals surface area contributed by atoms with Gasteiger partial charge in [-0.1, -0.05) is 12.1 Å². The molecule has 0 unspecified atom stereocenters. The monoisotopic (exact) mass is 276 g/mol. The SMILES string of the molecule is Cc1cccc(OCCCCCC[NH+]2CCCCC2)c1. The van der Waals surface area contributed by atoms with Crippen LogP contribution in [0.4, 0.5) is 0 Å². The van der Waals surface area contributed by atoms with Crippen LogP contribution >= 0.6 is 0 Å². The minimum absolute atomic E-state index is 0.861. The molecule has 1 aromatic carbocycles. The van der Waals surface area contributed by atoms with Crippen molar-refractivity contribution < 1.29 is 9.64 Å². The van der Waals surface area contributed by atoms with Crippen LogP contribution < -0.4 is 9.64 Å². The van der Waals surface area contributed by atoms with E-state index in [0.717, 1.165) is 12.4 Å². The maximum Gasteiger partial charge on any atom is 0.119 e. The molecule has 0 amide bonds. The van der Waals surface area contributed by atoms with Crippen LogP contribution in [0.2, 0.25) is 0 Å². The molecule has 1 fully saturated rings. The molecular weight excluding hydrogens is 246 g/mol. The van der Waals surface area contributed by atoms with Crippen LogP contribution in [0.25, 0.3) is 0 Å². The van der Waals surface area contributed by atoms with Crippen LogP contribution in [0.5, 0.6) is 5.75 Å². The summed E-state index contributed by atoms with van der Waals surface area (Å²) in [5.41, 5.74) is 1.27. The van der Waals surface area contributed by atoms with Gasteiger partial charge in [0, 0.05) is 0 Å². The van der Waals surface area contributed by atoms with Gasteiger partial charge < -0.3 is 9.64 Å². The summed E-state index contributed by atoms with van der Waals surface area (Å²) in [4.78, 5) is 1.84. The molecule has 0 radical (unpaired) electrons. The number of rotatable bonds is 8. The topological polar surface area (TPSA) is 13.7 Å². The summed E-state index contributed by atoms with van der Waals surface area (Å²) in [6.07, 6.45) is 9.59. The van der Waals surface area contributed by atoms with Crippen molar-refractivity contribution in [2.24, 2.45) is 0 Å². The average Bonchev–Trinajstić information content (AvgIpc) is 2.47. The van der Waals surface area contributed by atoms with Crippen molar-refractivity contribution in [2.75, 3.05) is 26.2 Å². The first-order valence-corrected chi connectivity index (χ1v) is 8.37. The second-order valence-corrected chi connectivity index (χ2v) is 6.14. The molecule has 112 valence electrons. The predicted molar refractivity (Wildman–Crippen MR) is 84.6 cm³/mol. The fraction of sp³-hybridized carbons (Fsp3) is 0.667. The Balaban J connectivity index is 1.45. The Morgan fingerprint density at radius 1 is 1.00 bits per heavy atom. The lowest BCUT2D eigenvalue weighted by molar-refractivity contribution is -0.905. The number of unbranched alkanes of at least 4 members (excludes halogenated alkanes) is 3. The van der Waals surface area contributed by atoms with Crippen molar-refractivity contribution in [3.05, 3.63) is 29.8 Å². The Morgan fingerprint density at radius 2 is 1.80 bits per heavy atom. The van der Waals surface area contributed by atoms with E-state index in [9.17, 15) is 0 Å². The van der Waals surface area contributed by atoms with Gasteiger partial charge in [0.05, 0.1) is 26.2 Å². The van der Waals surface area contributed by atoms with Crippen LogP contribution in [0, 0.1) is 6.92 Å². The largest absolute Gasteiger partial charge is 0.494 e. The van der Waals surface area contributed by atoms with Gasteiger partial charge in [-0.2, -0.15) is 0 Å². The van der Waals surface area contributed by atoms with Crippen LogP contribution in [-0.2, 0) is 0 Å². The molecule has 1 N–H and O–H groups in total. The van der Waals surface area contributed by atoms with E-state index in [4.69, 9.17) is 4.74 Å². The van der Waals surface area contributed by atoms with Gasteiger partial charge in [-0.3, -0.25) is 0 Å². The van der Waals surface area contributed by atoms with Gasteiger partial charge in [-0.15, -0.1) is 0 Å². The van der Waals surface area contributed by atoms with E-state index in [1.54, 1.807) is 0 Å². The maximum atomic E-state index is 5.78. The molecule has 0 aliphatic carbocycles. The Labute approximate surface area is 124 Å². The average molecular weight is 276 g/mol. The number of likely N-dealkylation sites (tertiary alicyclic amines) is 1. The molecule has 1 aliphatic rings. The molecule has 0 saturated carbocycles. The highest BCUT2D eigenvalue weighted by atomic mass is 16.5. The van der Waals surface area contributed by atoms with Crippen LogP contribution in [0.1, 0.15) is 50.5 Å². The molecule has 1 saturated heterocycles. The molecule has 2 nitrogen and oxygen atoms in total. The number of quaternary nitrogens is 1. The van der Waals surface area contributed by atoms with Crippen molar-refractivity contribution in [3.8, 4) is 5.75 Å². The van der Waals surface area contributed by atoms with E-state index >= 15 is 0 Å². The predicted octanol–water partition coefficient (Wildman–Crippen LogP) is 3.00. The number of nitrogens with one attached hydrogen (secondary N) is 1. The number of aryl methyl sites for hydroxylation is 1. The lowest BCUT2D eigenvalue weighted by Gasteiger charge is -2.23. The van der Waals surface area contributed by atoms with Crippen molar-refractivity contribution >= 4 is 0 Å². The smallest absolute Gasteiger partial charge is 0.119 e. The van der Waals surface area contributed by atoms with Crippen molar-refractivity contribution in [3.63, 3.8) is 0 Å². The molecule has 0 bridgehead atoms. The Kier molecular flexibility index (Phi) is 6.93. The Hall–Kier alpha value is -1.02. The molecule has 1 heterocycles. The fourth-order valence-corrected chi connectivity index (χ4v) is 3.03. The quantitative estimate of drug-likeness (QED) is 0.721. The summed E-state index contributed by atoms with van der Waals surface area (Å²) in [6, 6.07) is 8.33. The van der Waals surface area contributed by atoms with Gasteiger partial charge in [0.25, 0.3) is 0 Å². The molecule has 0 spiro atoms. The molecule has 2 heteroatoms. The van der Waals surface area contributed by atoms with Crippen molar-refractivity contribution in [1.29, 1.82) is 0 Å². The normalized spacial score (nSPS) is 16.2. The molecule has 2 rings (SSSR count). The molecule has 1 aromatic rings. The zero-order valence-electron chi connectivity index (χ0n) is 13.0. The minimum atomic E-state index is 0.861. The number of hydrogen-bond donors (Lipinski definition) is 1. The highest BCUT2D eigenvalue weighted by Gasteiger charge is 2.11. The Morgan fingerprint density at radius 3 is 2.60 bits per heavy atom. The van der Waals surface area contributed by atoms with Crippen molar-refractivity contribution in [1.82, 2.24) is 0 Å². The lowest BCUT2D eigenvalue weighted by Crippen LogP contribution is -3.12. The third kappa shape index (κ3) is 5.96. The lowest BCUT2D eigenvalue weighted by atomic mass is 10.1. The number of benzene rings is 1. The van der Waals surface area contributed by atoms with E-state index in [1.807, 2.05) is 11.0 Å². The van der Waals surface area contributed by atoms with E-state index in [-0.39, 0.29) is 0 Å². The van der Waals surface area contributed by atoms with Crippen LogP contribution in [0.15, 0.2) is 24.3 Å². The first-order valence-electron chi connectivity index (χ1n) is 8.37. The van der Waals surface area contributed by atoms with Gasteiger partial charge in [0.2, 0.25) is 0 Å². The van der Waals surface area contributed by atoms with Crippen molar-refractivity contribution in [2.45, 2.75) is 51.9 Å². The fourth-order valence-electron chi connectivity index (χ4n) is 3.03. The molecule has 0 atom stereocenters. The first kappa shape index (κ1) is 15.4. The van der Waals surface area contributed by atoms with E-state index in [0.29, 0.717) is 0 Å². The minimum Gasteiger partial charge on any atom is -0.494 e. The van der Waals surface area contributed by atoms with Gasteiger partial charge >= 0.3 is 0 Å². The summed E-state index contributed by atoms with van der Waals surface area (Å²) >= 11 is 0. The second kappa shape index (κ2) is 9.02. The third-order valence-corrected chi connectivity index (χ3v) is 4.24. The number of ether oxygens (including phenoxy) is 1. The van der Waals surface area contributed by atoms with Gasteiger partial charge in [-0.25, -0.2) is 0 Å². The zero-order valence-corrected chi connectivity index (χ0v) is 13.0. The van der Waals surface area contributed by atoms with Crippen LogP contribution in [-0.4, -0.2) is 26.2 Å². The first-order chi connectivity index (χ1) is 9.84. The zero-order chi connectivity index (χ0) is 14.0. The highest BCUT2D eigenvalue weighted by Crippen LogP contribution is 2.13. The summed E-state index contributed by atoms with van der Waals surface area (Å²) in [5.74, 6) is 1.02. The third-order valence-electron chi connectivity index (χ3n) is 4.24. The summed E-state index contributed by atoms with van der Waals surface area (Å²) in [6.45, 7) is 7.18. The highest BCUT2D eigenvalue weighted by molar-refractivity contribution is 5.27. The van der Waals surface area contributed by atoms with Gasteiger partial charge in [-0.05, 0) is 69.6 Å². The molecular formula is C18H30NO+. The molecule has 1 aliphatic heterocycles. The number of piperidine rings is 1.